The molecule has 1 unspecified atom stereocenters. The molecule has 0 bridgehead atoms. The van der Waals surface area contributed by atoms with E-state index in [4.69, 9.17) is 17.3 Å². The zero-order valence-electron chi connectivity index (χ0n) is 11.2. The summed E-state index contributed by atoms with van der Waals surface area (Å²) in [7, 11) is 0. The van der Waals surface area contributed by atoms with E-state index < -0.39 is 0 Å². The smallest absolute Gasteiger partial charge is 0.0599 e. The molecule has 2 N–H and O–H groups in total. The topological polar surface area (TPSA) is 26.0 Å². The van der Waals surface area contributed by atoms with Crippen molar-refractivity contribution in [3.63, 3.8) is 0 Å². The summed E-state index contributed by atoms with van der Waals surface area (Å²) in [6.45, 7) is 0. The molecule has 104 valence electrons. The van der Waals surface area contributed by atoms with Crippen LogP contribution in [-0.2, 0) is 0 Å². The predicted octanol–water partition coefficient (Wildman–Crippen LogP) is 5.42. The lowest BCUT2D eigenvalue weighted by atomic mass is 9.76. The Hall–Kier alpha value is -0.830. The van der Waals surface area contributed by atoms with Crippen LogP contribution in [0, 0.1) is 0 Å². The van der Waals surface area contributed by atoms with Crippen molar-refractivity contribution >= 4 is 27.5 Å². The van der Waals surface area contributed by atoms with Crippen molar-refractivity contribution in [2.75, 3.05) is 0 Å². The van der Waals surface area contributed by atoms with Crippen molar-refractivity contribution in [2.24, 2.45) is 5.73 Å². The number of nitrogens with two attached hydrogens (primary N) is 1. The van der Waals surface area contributed by atoms with Crippen LogP contribution in [0.3, 0.4) is 0 Å². The Labute approximate surface area is 133 Å². The molecular weight excluding hydrogens is 334 g/mol. The molecule has 3 heteroatoms. The molecule has 1 atom stereocenters. The lowest BCUT2D eigenvalue weighted by molar-refractivity contribution is 0.416. The summed E-state index contributed by atoms with van der Waals surface area (Å²) in [4.78, 5) is 0. The highest BCUT2D eigenvalue weighted by atomic mass is 79.9. The molecule has 0 amide bonds. The first-order valence-electron chi connectivity index (χ1n) is 6.97. The highest BCUT2D eigenvalue weighted by Crippen LogP contribution is 2.41. The van der Waals surface area contributed by atoms with Crippen LogP contribution in [0.1, 0.15) is 47.9 Å². The Morgan fingerprint density at radius 3 is 2.45 bits per heavy atom. The summed E-state index contributed by atoms with van der Waals surface area (Å²) in [5.74, 6) is 0.670. The molecule has 2 aromatic rings. The van der Waals surface area contributed by atoms with E-state index in [-0.39, 0.29) is 6.04 Å². The first-order chi connectivity index (χ1) is 9.68. The molecule has 1 nitrogen and oxygen atoms in total. The lowest BCUT2D eigenvalue weighted by Gasteiger charge is -2.30. The van der Waals surface area contributed by atoms with Gasteiger partial charge in [-0.3, -0.25) is 0 Å². The van der Waals surface area contributed by atoms with Crippen LogP contribution in [0.15, 0.2) is 46.9 Å². The number of hydrogen-bond acceptors (Lipinski definition) is 1. The zero-order valence-corrected chi connectivity index (χ0v) is 13.5. The SMILES string of the molecule is NC(c1ccccc1C1CCC1)c1cccc(Br)c1Cl. The first kappa shape index (κ1) is 14.1. The quantitative estimate of drug-likeness (QED) is 0.786. The van der Waals surface area contributed by atoms with Crippen molar-refractivity contribution in [1.29, 1.82) is 0 Å². The molecule has 1 aliphatic rings. The molecule has 1 saturated carbocycles. The van der Waals surface area contributed by atoms with E-state index in [9.17, 15) is 0 Å². The van der Waals surface area contributed by atoms with Gasteiger partial charge in [0.2, 0.25) is 0 Å². The summed E-state index contributed by atoms with van der Waals surface area (Å²) in [5, 5.41) is 0.711. The third-order valence-corrected chi connectivity index (χ3v) is 5.50. The van der Waals surface area contributed by atoms with Crippen molar-refractivity contribution in [2.45, 2.75) is 31.2 Å². The van der Waals surface area contributed by atoms with Gasteiger partial charge in [0.05, 0.1) is 11.1 Å². The fourth-order valence-corrected chi connectivity index (χ4v) is 3.44. The minimum absolute atomic E-state index is 0.170. The molecule has 1 fully saturated rings. The maximum Gasteiger partial charge on any atom is 0.0599 e. The standard InChI is InChI=1S/C17H17BrClN/c18-15-10-4-9-14(16(15)19)17(20)13-8-2-1-7-12(13)11-5-3-6-11/h1-2,4,7-11,17H,3,5-6,20H2. The Bertz CT molecular complexity index is 622. The van der Waals surface area contributed by atoms with Crippen LogP contribution >= 0.6 is 27.5 Å². The van der Waals surface area contributed by atoms with Gasteiger partial charge in [0.1, 0.15) is 0 Å². The van der Waals surface area contributed by atoms with Crippen molar-refractivity contribution < 1.29 is 0 Å². The van der Waals surface area contributed by atoms with Crippen LogP contribution < -0.4 is 5.73 Å². The summed E-state index contributed by atoms with van der Waals surface area (Å²) in [6.07, 6.45) is 3.87. The minimum atomic E-state index is -0.170. The second kappa shape index (κ2) is 5.88. The minimum Gasteiger partial charge on any atom is -0.320 e. The molecule has 3 rings (SSSR count). The van der Waals surface area contributed by atoms with Crippen molar-refractivity contribution in [3.8, 4) is 0 Å². The van der Waals surface area contributed by atoms with E-state index in [0.29, 0.717) is 10.9 Å². The summed E-state index contributed by atoms with van der Waals surface area (Å²) >= 11 is 9.86. The molecule has 0 radical (unpaired) electrons. The first-order valence-corrected chi connectivity index (χ1v) is 8.14. The van der Waals surface area contributed by atoms with Gasteiger partial charge in [0, 0.05) is 4.47 Å². The van der Waals surface area contributed by atoms with Gasteiger partial charge in [-0.05, 0) is 57.4 Å². The molecule has 0 spiro atoms. The van der Waals surface area contributed by atoms with Crippen molar-refractivity contribution in [1.82, 2.24) is 0 Å². The van der Waals surface area contributed by atoms with Crippen LogP contribution in [-0.4, -0.2) is 0 Å². The number of rotatable bonds is 3. The zero-order chi connectivity index (χ0) is 14.1. The van der Waals surface area contributed by atoms with Gasteiger partial charge >= 0.3 is 0 Å². The van der Waals surface area contributed by atoms with Gasteiger partial charge < -0.3 is 5.73 Å². The van der Waals surface area contributed by atoms with E-state index in [0.717, 1.165) is 10.0 Å². The second-order valence-corrected chi connectivity index (χ2v) is 6.61. The van der Waals surface area contributed by atoms with E-state index in [1.807, 2.05) is 18.2 Å². The van der Waals surface area contributed by atoms with Crippen LogP contribution in [0.2, 0.25) is 5.02 Å². The van der Waals surface area contributed by atoms with Gasteiger partial charge in [0.25, 0.3) is 0 Å². The fourth-order valence-electron chi connectivity index (χ4n) is 2.81. The molecule has 0 aromatic heterocycles. The monoisotopic (exact) mass is 349 g/mol. The number of hydrogen-bond donors (Lipinski definition) is 1. The van der Waals surface area contributed by atoms with Crippen LogP contribution in [0.4, 0.5) is 0 Å². The third-order valence-electron chi connectivity index (χ3n) is 4.19. The van der Waals surface area contributed by atoms with E-state index in [2.05, 4.69) is 40.2 Å². The molecule has 0 aliphatic heterocycles. The maximum absolute atomic E-state index is 6.50. The lowest BCUT2D eigenvalue weighted by Crippen LogP contribution is -2.18. The van der Waals surface area contributed by atoms with Crippen molar-refractivity contribution in [3.05, 3.63) is 68.7 Å². The normalized spacial score (nSPS) is 16.8. The molecule has 2 aromatic carbocycles. The van der Waals surface area contributed by atoms with Crippen LogP contribution in [0.25, 0.3) is 0 Å². The molecule has 20 heavy (non-hydrogen) atoms. The van der Waals surface area contributed by atoms with E-state index in [1.165, 1.54) is 30.4 Å². The highest BCUT2D eigenvalue weighted by Gasteiger charge is 2.25. The molecule has 1 aliphatic carbocycles. The van der Waals surface area contributed by atoms with Gasteiger partial charge in [0.15, 0.2) is 0 Å². The van der Waals surface area contributed by atoms with E-state index in [1.54, 1.807) is 0 Å². The fraction of sp³-hybridized carbons (Fsp3) is 0.294. The second-order valence-electron chi connectivity index (χ2n) is 5.38. The predicted molar refractivity (Wildman–Crippen MR) is 88.2 cm³/mol. The molecule has 0 heterocycles. The average Bonchev–Trinajstić information content (AvgIpc) is 2.40. The highest BCUT2D eigenvalue weighted by molar-refractivity contribution is 9.10. The average molecular weight is 351 g/mol. The summed E-state index contributed by atoms with van der Waals surface area (Å²) in [5.41, 5.74) is 10.1. The Morgan fingerprint density at radius 2 is 1.75 bits per heavy atom. The van der Waals surface area contributed by atoms with Gasteiger partial charge in [-0.25, -0.2) is 0 Å². The third kappa shape index (κ3) is 2.52. The molecule has 0 saturated heterocycles. The maximum atomic E-state index is 6.50. The number of benzene rings is 2. The van der Waals surface area contributed by atoms with Gasteiger partial charge in [-0.2, -0.15) is 0 Å². The summed E-state index contributed by atoms with van der Waals surface area (Å²) < 4.78 is 0.897. The van der Waals surface area contributed by atoms with Crippen LogP contribution in [0.5, 0.6) is 0 Å². The largest absolute Gasteiger partial charge is 0.320 e. The number of halogens is 2. The summed E-state index contributed by atoms with van der Waals surface area (Å²) in [6, 6.07) is 14.3. The van der Waals surface area contributed by atoms with Gasteiger partial charge in [-0.1, -0.05) is 54.4 Å². The van der Waals surface area contributed by atoms with Gasteiger partial charge in [-0.15, -0.1) is 0 Å². The Morgan fingerprint density at radius 1 is 1.05 bits per heavy atom. The molecular formula is C17H17BrClN. The van der Waals surface area contributed by atoms with E-state index >= 15 is 0 Å². The Balaban J connectivity index is 2.02. The Kier molecular flexibility index (Phi) is 4.16.